The fourth-order valence-electron chi connectivity index (χ4n) is 3.82. The number of imidazole rings is 1. The molecule has 0 bridgehead atoms. The molecule has 1 unspecified atom stereocenters. The average Bonchev–Trinajstić information content (AvgIpc) is 3.27. The third kappa shape index (κ3) is 4.22. The molecule has 2 N–H and O–H groups in total. The summed E-state index contributed by atoms with van der Waals surface area (Å²) in [5.41, 5.74) is 1.90. The maximum atomic E-state index is 12.3. The van der Waals surface area contributed by atoms with E-state index in [0.29, 0.717) is 30.4 Å². The minimum atomic E-state index is -0.476. The van der Waals surface area contributed by atoms with Crippen molar-refractivity contribution in [2.24, 2.45) is 13.0 Å². The number of carbonyl (C=O) groups is 2. The van der Waals surface area contributed by atoms with Crippen LogP contribution in [0.2, 0.25) is 0 Å². The SMILES string of the molecule is Cn1c(CNC(=O)CC(CC2CCCC2)N(O)C=O)nc2ccccc21. The van der Waals surface area contributed by atoms with Crippen LogP contribution in [0, 0.1) is 5.92 Å². The van der Waals surface area contributed by atoms with Gasteiger partial charge in [0.1, 0.15) is 5.82 Å². The first kappa shape index (κ1) is 18.4. The second-order valence-electron chi connectivity index (χ2n) is 7.08. The Labute approximate surface area is 153 Å². The normalized spacial score (nSPS) is 15.9. The van der Waals surface area contributed by atoms with Crippen molar-refractivity contribution in [1.29, 1.82) is 0 Å². The molecule has 1 fully saturated rings. The second-order valence-corrected chi connectivity index (χ2v) is 7.08. The Hall–Kier alpha value is -2.41. The number of amides is 2. The smallest absolute Gasteiger partial charge is 0.233 e. The zero-order valence-electron chi connectivity index (χ0n) is 15.1. The molecule has 2 amide bonds. The van der Waals surface area contributed by atoms with Crippen LogP contribution in [-0.4, -0.2) is 38.2 Å². The van der Waals surface area contributed by atoms with Gasteiger partial charge in [-0.2, -0.15) is 0 Å². The molecule has 1 aromatic heterocycles. The summed E-state index contributed by atoms with van der Waals surface area (Å²) in [4.78, 5) is 27.8. The maximum Gasteiger partial charge on any atom is 0.233 e. The lowest BCUT2D eigenvalue weighted by atomic mass is 9.96. The molecule has 7 nitrogen and oxygen atoms in total. The lowest BCUT2D eigenvalue weighted by Crippen LogP contribution is -2.38. The van der Waals surface area contributed by atoms with Crippen molar-refractivity contribution in [2.75, 3.05) is 0 Å². The third-order valence-electron chi connectivity index (χ3n) is 5.31. The van der Waals surface area contributed by atoms with E-state index in [4.69, 9.17) is 0 Å². The molecule has 0 saturated heterocycles. The first-order chi connectivity index (χ1) is 12.6. The Bertz CT molecular complexity index is 767. The lowest BCUT2D eigenvalue weighted by molar-refractivity contribution is -0.163. The molecule has 1 saturated carbocycles. The number of aryl methyl sites for hydroxylation is 1. The van der Waals surface area contributed by atoms with Crippen LogP contribution in [0.15, 0.2) is 24.3 Å². The van der Waals surface area contributed by atoms with Gasteiger partial charge < -0.3 is 9.88 Å². The summed E-state index contributed by atoms with van der Waals surface area (Å²) in [6.07, 6.45) is 5.71. The number of carbonyl (C=O) groups excluding carboxylic acids is 2. The van der Waals surface area contributed by atoms with Crippen LogP contribution < -0.4 is 5.32 Å². The van der Waals surface area contributed by atoms with Crippen LogP contribution in [0.25, 0.3) is 11.0 Å². The zero-order chi connectivity index (χ0) is 18.5. The standard InChI is InChI=1S/C19H26N4O3/c1-22-17-9-5-4-8-16(17)21-18(22)12-20-19(25)11-15(23(26)13-24)10-14-6-2-3-7-14/h4-5,8-9,13-15,26H,2-3,6-7,10-12H2,1H3,(H,20,25). The molecule has 140 valence electrons. The first-order valence-corrected chi connectivity index (χ1v) is 9.18. The number of aromatic nitrogens is 2. The Kier molecular flexibility index (Phi) is 5.88. The minimum absolute atomic E-state index is 0.0929. The van der Waals surface area contributed by atoms with E-state index in [9.17, 15) is 14.8 Å². The van der Waals surface area contributed by atoms with Crippen molar-refractivity contribution in [3.05, 3.63) is 30.1 Å². The van der Waals surface area contributed by atoms with Crippen molar-refractivity contribution in [1.82, 2.24) is 19.9 Å². The van der Waals surface area contributed by atoms with Crippen LogP contribution >= 0.6 is 0 Å². The highest BCUT2D eigenvalue weighted by molar-refractivity contribution is 5.78. The number of para-hydroxylation sites is 2. The molecule has 26 heavy (non-hydrogen) atoms. The number of hydrogen-bond donors (Lipinski definition) is 2. The highest BCUT2D eigenvalue weighted by atomic mass is 16.5. The Morgan fingerprint density at radius 3 is 2.85 bits per heavy atom. The number of rotatable bonds is 8. The lowest BCUT2D eigenvalue weighted by Gasteiger charge is -2.24. The van der Waals surface area contributed by atoms with Gasteiger partial charge >= 0.3 is 0 Å². The fourth-order valence-corrected chi connectivity index (χ4v) is 3.82. The van der Waals surface area contributed by atoms with E-state index in [1.165, 1.54) is 12.8 Å². The summed E-state index contributed by atoms with van der Waals surface area (Å²) in [5.74, 6) is 1.05. The Morgan fingerprint density at radius 2 is 2.15 bits per heavy atom. The van der Waals surface area contributed by atoms with Gasteiger partial charge in [-0.25, -0.2) is 10.0 Å². The third-order valence-corrected chi connectivity index (χ3v) is 5.31. The number of nitrogens with one attached hydrogen (secondary N) is 1. The van der Waals surface area contributed by atoms with Crippen LogP contribution in [-0.2, 0) is 23.2 Å². The quantitative estimate of drug-likeness (QED) is 0.431. The minimum Gasteiger partial charge on any atom is -0.349 e. The van der Waals surface area contributed by atoms with Crippen molar-refractivity contribution < 1.29 is 14.8 Å². The number of benzene rings is 1. The van der Waals surface area contributed by atoms with Crippen LogP contribution in [0.1, 0.15) is 44.3 Å². The van der Waals surface area contributed by atoms with E-state index in [2.05, 4.69) is 10.3 Å². The van der Waals surface area contributed by atoms with Gasteiger partial charge in [0.2, 0.25) is 12.3 Å². The van der Waals surface area contributed by atoms with E-state index in [0.717, 1.165) is 29.7 Å². The van der Waals surface area contributed by atoms with Crippen molar-refractivity contribution in [2.45, 2.75) is 51.1 Å². The van der Waals surface area contributed by atoms with E-state index in [1.54, 1.807) is 0 Å². The first-order valence-electron chi connectivity index (χ1n) is 9.18. The van der Waals surface area contributed by atoms with Gasteiger partial charge in [-0.05, 0) is 24.5 Å². The average molecular weight is 358 g/mol. The molecule has 1 aromatic carbocycles. The highest BCUT2D eigenvalue weighted by Crippen LogP contribution is 2.30. The topological polar surface area (TPSA) is 87.5 Å². The van der Waals surface area contributed by atoms with E-state index in [1.807, 2.05) is 35.9 Å². The summed E-state index contributed by atoms with van der Waals surface area (Å²) < 4.78 is 1.95. The van der Waals surface area contributed by atoms with Gasteiger partial charge in [-0.3, -0.25) is 14.8 Å². The number of fused-ring (bicyclic) bond motifs is 1. The van der Waals surface area contributed by atoms with Crippen molar-refractivity contribution in [3.63, 3.8) is 0 Å². The predicted molar refractivity (Wildman–Crippen MR) is 97.2 cm³/mol. The van der Waals surface area contributed by atoms with E-state index in [-0.39, 0.29) is 12.3 Å². The molecule has 0 aliphatic heterocycles. The molecular weight excluding hydrogens is 332 g/mol. The molecule has 2 aromatic rings. The molecule has 0 radical (unpaired) electrons. The second kappa shape index (κ2) is 8.31. The van der Waals surface area contributed by atoms with Gasteiger partial charge in [0, 0.05) is 13.5 Å². The number of nitrogens with zero attached hydrogens (tertiary/aromatic N) is 3. The van der Waals surface area contributed by atoms with Crippen LogP contribution in [0.3, 0.4) is 0 Å². The molecule has 1 aliphatic carbocycles. The van der Waals surface area contributed by atoms with Gasteiger partial charge in [0.15, 0.2) is 0 Å². The highest BCUT2D eigenvalue weighted by Gasteiger charge is 2.25. The maximum absolute atomic E-state index is 12.3. The van der Waals surface area contributed by atoms with Crippen LogP contribution in [0.5, 0.6) is 0 Å². The Morgan fingerprint density at radius 1 is 1.42 bits per heavy atom. The molecule has 1 heterocycles. The van der Waals surface area contributed by atoms with Gasteiger partial charge in [0.05, 0.1) is 23.6 Å². The largest absolute Gasteiger partial charge is 0.349 e. The van der Waals surface area contributed by atoms with Crippen molar-refractivity contribution >= 4 is 23.4 Å². The summed E-state index contributed by atoms with van der Waals surface area (Å²) in [7, 11) is 1.92. The van der Waals surface area contributed by atoms with Crippen molar-refractivity contribution in [3.8, 4) is 0 Å². The number of hydroxylamine groups is 2. The Balaban J connectivity index is 1.58. The molecule has 7 heteroatoms. The monoisotopic (exact) mass is 358 g/mol. The number of hydrogen-bond acceptors (Lipinski definition) is 4. The molecule has 1 atom stereocenters. The molecular formula is C19H26N4O3. The summed E-state index contributed by atoms with van der Waals surface area (Å²) in [6, 6.07) is 7.33. The molecule has 3 rings (SSSR count). The zero-order valence-corrected chi connectivity index (χ0v) is 15.1. The van der Waals surface area contributed by atoms with Gasteiger partial charge in [0.25, 0.3) is 0 Å². The fraction of sp³-hybridized carbons (Fsp3) is 0.526. The molecule has 0 spiro atoms. The predicted octanol–water partition coefficient (Wildman–Crippen LogP) is 2.38. The van der Waals surface area contributed by atoms with Gasteiger partial charge in [-0.15, -0.1) is 0 Å². The van der Waals surface area contributed by atoms with Gasteiger partial charge in [-0.1, -0.05) is 37.8 Å². The summed E-state index contributed by atoms with van der Waals surface area (Å²) in [6.45, 7) is 0.312. The van der Waals surface area contributed by atoms with E-state index >= 15 is 0 Å². The molecule has 1 aliphatic rings. The summed E-state index contributed by atoms with van der Waals surface area (Å²) in [5, 5.41) is 13.3. The van der Waals surface area contributed by atoms with Crippen LogP contribution in [0.4, 0.5) is 0 Å². The summed E-state index contributed by atoms with van der Waals surface area (Å²) >= 11 is 0. The van der Waals surface area contributed by atoms with E-state index < -0.39 is 6.04 Å².